The van der Waals surface area contributed by atoms with Crippen molar-refractivity contribution < 1.29 is 32.3 Å². The largest absolute Gasteiger partial charge is 0.422 e. The van der Waals surface area contributed by atoms with Gasteiger partial charge in [-0.05, 0) is 67.4 Å². The molecule has 1 N–H and O–H groups in total. The predicted octanol–water partition coefficient (Wildman–Crippen LogP) is 5.98. The molecular formula is C26H18ClF3N2O4. The van der Waals surface area contributed by atoms with E-state index >= 15 is 0 Å². The lowest BCUT2D eigenvalue weighted by Crippen LogP contribution is -2.32. The van der Waals surface area contributed by atoms with Crippen LogP contribution in [0.25, 0.3) is 0 Å². The van der Waals surface area contributed by atoms with Crippen molar-refractivity contribution in [3.05, 3.63) is 99.7 Å². The minimum atomic E-state index is -4.65. The summed E-state index contributed by atoms with van der Waals surface area (Å²) in [6.45, 7) is 3.64. The Hall–Kier alpha value is -4.11. The fourth-order valence-electron chi connectivity index (χ4n) is 3.61. The number of carbonyl (C=O) groups is 3. The van der Waals surface area contributed by atoms with Crippen molar-refractivity contribution in [3.8, 4) is 5.75 Å². The van der Waals surface area contributed by atoms with Crippen LogP contribution in [-0.4, -0.2) is 17.8 Å². The lowest BCUT2D eigenvalue weighted by molar-refractivity contribution is -0.137. The Morgan fingerprint density at radius 2 is 1.53 bits per heavy atom. The minimum absolute atomic E-state index is 0.239. The Balaban J connectivity index is 1.51. The van der Waals surface area contributed by atoms with Crippen LogP contribution in [0.15, 0.2) is 77.5 Å². The van der Waals surface area contributed by atoms with Crippen LogP contribution in [0, 0.1) is 13.8 Å². The third-order valence-corrected chi connectivity index (χ3v) is 5.80. The van der Waals surface area contributed by atoms with Gasteiger partial charge in [0.2, 0.25) is 0 Å². The van der Waals surface area contributed by atoms with E-state index in [0.29, 0.717) is 22.4 Å². The zero-order chi connectivity index (χ0) is 26.2. The topological polar surface area (TPSA) is 75.7 Å². The molecule has 4 rings (SSSR count). The summed E-state index contributed by atoms with van der Waals surface area (Å²) < 4.78 is 44.7. The molecule has 0 unspecified atom stereocenters. The number of nitrogens with zero attached hydrogens (tertiary/aromatic N) is 1. The summed E-state index contributed by atoms with van der Waals surface area (Å²) in [6.07, 6.45) is -4.65. The van der Waals surface area contributed by atoms with Gasteiger partial charge in [0.15, 0.2) is 0 Å². The summed E-state index contributed by atoms with van der Waals surface area (Å²) in [5.74, 6) is -1.99. The Morgan fingerprint density at radius 3 is 2.14 bits per heavy atom. The molecule has 184 valence electrons. The summed E-state index contributed by atoms with van der Waals surface area (Å²) >= 11 is 6.06. The first-order chi connectivity index (χ1) is 17.0. The number of alkyl halides is 3. The van der Waals surface area contributed by atoms with Gasteiger partial charge < -0.3 is 10.1 Å². The van der Waals surface area contributed by atoms with E-state index in [1.165, 1.54) is 30.3 Å². The highest BCUT2D eigenvalue weighted by Crippen LogP contribution is 2.35. The predicted molar refractivity (Wildman–Crippen MR) is 128 cm³/mol. The number of anilines is 2. The molecule has 0 fully saturated rings. The molecule has 3 aromatic rings. The zero-order valence-corrected chi connectivity index (χ0v) is 19.7. The first-order valence-electron chi connectivity index (χ1n) is 10.6. The van der Waals surface area contributed by atoms with Gasteiger partial charge in [0.1, 0.15) is 16.5 Å². The quantitative estimate of drug-likeness (QED) is 0.258. The maximum absolute atomic E-state index is 13.1. The van der Waals surface area contributed by atoms with Crippen molar-refractivity contribution in [2.75, 3.05) is 10.2 Å². The molecule has 0 radical (unpaired) electrons. The van der Waals surface area contributed by atoms with Crippen LogP contribution in [0.1, 0.15) is 27.0 Å². The van der Waals surface area contributed by atoms with Crippen molar-refractivity contribution in [2.45, 2.75) is 20.0 Å². The number of aryl methyl sites for hydroxylation is 2. The Bertz CT molecular complexity index is 1400. The van der Waals surface area contributed by atoms with Gasteiger partial charge in [-0.3, -0.25) is 9.59 Å². The standard InChI is InChI=1S/C26H18ClF3N2O4/c1-14-5-3-6-15(2)22(14)36-25(35)16-9-11-18(12-10-16)31-21-20(27)23(33)32(24(21)34)19-8-4-7-17(13-19)26(28,29)30/h3-13,31H,1-2H3. The number of rotatable bonds is 5. The first-order valence-corrected chi connectivity index (χ1v) is 11.0. The highest BCUT2D eigenvalue weighted by molar-refractivity contribution is 6.53. The van der Waals surface area contributed by atoms with Gasteiger partial charge in [0, 0.05) is 5.69 Å². The molecule has 1 heterocycles. The lowest BCUT2D eigenvalue weighted by Gasteiger charge is -2.17. The van der Waals surface area contributed by atoms with E-state index in [9.17, 15) is 27.6 Å². The molecule has 0 saturated heterocycles. The van der Waals surface area contributed by atoms with Gasteiger partial charge in [-0.2, -0.15) is 13.2 Å². The summed E-state index contributed by atoms with van der Waals surface area (Å²) in [5, 5.41) is 2.23. The van der Waals surface area contributed by atoms with Crippen LogP contribution in [0.4, 0.5) is 24.5 Å². The summed E-state index contributed by atoms with van der Waals surface area (Å²) in [7, 11) is 0. The highest BCUT2D eigenvalue weighted by atomic mass is 35.5. The average Bonchev–Trinajstić information content (AvgIpc) is 3.04. The Kier molecular flexibility index (Phi) is 6.60. The van der Waals surface area contributed by atoms with Crippen molar-refractivity contribution >= 4 is 40.8 Å². The average molecular weight is 515 g/mol. The summed E-state index contributed by atoms with van der Waals surface area (Å²) in [5.41, 5.74) is 0.586. The highest BCUT2D eigenvalue weighted by Gasteiger charge is 2.40. The van der Waals surface area contributed by atoms with Gasteiger partial charge in [0.25, 0.3) is 11.8 Å². The number of halogens is 4. The fraction of sp³-hybridized carbons (Fsp3) is 0.115. The van der Waals surface area contributed by atoms with Crippen molar-refractivity contribution in [2.24, 2.45) is 0 Å². The van der Waals surface area contributed by atoms with E-state index in [-0.39, 0.29) is 16.9 Å². The second kappa shape index (κ2) is 9.50. The van der Waals surface area contributed by atoms with Crippen LogP contribution in [0.3, 0.4) is 0 Å². The third-order valence-electron chi connectivity index (χ3n) is 5.45. The number of amides is 2. The molecular weight excluding hydrogens is 497 g/mol. The molecule has 10 heteroatoms. The van der Waals surface area contributed by atoms with Crippen LogP contribution in [0.5, 0.6) is 5.75 Å². The number of ether oxygens (including phenoxy) is 1. The second-order valence-corrected chi connectivity index (χ2v) is 8.37. The second-order valence-electron chi connectivity index (χ2n) is 8.00. The van der Waals surface area contributed by atoms with Crippen LogP contribution >= 0.6 is 11.6 Å². The molecule has 0 spiro atoms. The fourth-order valence-corrected chi connectivity index (χ4v) is 3.83. The zero-order valence-electron chi connectivity index (χ0n) is 18.9. The molecule has 6 nitrogen and oxygen atoms in total. The molecule has 0 bridgehead atoms. The molecule has 36 heavy (non-hydrogen) atoms. The molecule has 1 aliphatic rings. The summed E-state index contributed by atoms with van der Waals surface area (Å²) in [4.78, 5) is 38.6. The monoisotopic (exact) mass is 514 g/mol. The number of imide groups is 1. The minimum Gasteiger partial charge on any atom is -0.422 e. The van der Waals surface area contributed by atoms with Crippen molar-refractivity contribution in [3.63, 3.8) is 0 Å². The first kappa shape index (κ1) is 25.0. The Morgan fingerprint density at radius 1 is 0.917 bits per heavy atom. The number of benzene rings is 3. The number of esters is 1. The van der Waals surface area contributed by atoms with Gasteiger partial charge >= 0.3 is 12.1 Å². The normalized spacial score (nSPS) is 13.9. The number of hydrogen-bond acceptors (Lipinski definition) is 5. The van der Waals surface area contributed by atoms with E-state index in [1.807, 2.05) is 32.0 Å². The van der Waals surface area contributed by atoms with E-state index < -0.39 is 34.6 Å². The van der Waals surface area contributed by atoms with Gasteiger partial charge in [-0.1, -0.05) is 35.9 Å². The van der Waals surface area contributed by atoms with E-state index in [1.54, 1.807) is 0 Å². The number of nitrogens with one attached hydrogen (secondary N) is 1. The Labute approximate surface area is 208 Å². The molecule has 2 amide bonds. The van der Waals surface area contributed by atoms with Crippen molar-refractivity contribution in [1.82, 2.24) is 0 Å². The SMILES string of the molecule is Cc1cccc(C)c1OC(=O)c1ccc(NC2=C(Cl)C(=O)N(c3cccc(C(F)(F)F)c3)C2=O)cc1. The molecule has 0 aliphatic carbocycles. The molecule has 0 saturated carbocycles. The van der Waals surface area contributed by atoms with Crippen LogP contribution in [0.2, 0.25) is 0 Å². The van der Waals surface area contributed by atoms with E-state index in [4.69, 9.17) is 16.3 Å². The van der Waals surface area contributed by atoms with Crippen molar-refractivity contribution in [1.29, 1.82) is 0 Å². The van der Waals surface area contributed by atoms with Gasteiger partial charge in [0.05, 0.1) is 16.8 Å². The molecule has 0 atom stereocenters. The number of hydrogen-bond donors (Lipinski definition) is 1. The third kappa shape index (κ3) is 4.83. The number of carbonyl (C=O) groups excluding carboxylic acids is 3. The van der Waals surface area contributed by atoms with Gasteiger partial charge in [-0.25, -0.2) is 9.69 Å². The molecule has 0 aromatic heterocycles. The van der Waals surface area contributed by atoms with E-state index in [2.05, 4.69) is 5.32 Å². The maximum Gasteiger partial charge on any atom is 0.416 e. The van der Waals surface area contributed by atoms with E-state index in [0.717, 1.165) is 23.3 Å². The smallest absolute Gasteiger partial charge is 0.416 e. The number of para-hydroxylation sites is 1. The van der Waals surface area contributed by atoms with Gasteiger partial charge in [-0.15, -0.1) is 0 Å². The van der Waals surface area contributed by atoms with Crippen LogP contribution < -0.4 is 15.0 Å². The maximum atomic E-state index is 13.1. The van der Waals surface area contributed by atoms with Crippen LogP contribution in [-0.2, 0) is 15.8 Å². The molecule has 3 aromatic carbocycles. The lowest BCUT2D eigenvalue weighted by atomic mass is 10.1. The molecule has 1 aliphatic heterocycles. The summed E-state index contributed by atoms with van der Waals surface area (Å²) in [6, 6.07) is 15.2.